The molecule has 1 aromatic rings. The third kappa shape index (κ3) is 3.50. The molecule has 1 unspecified atom stereocenters. The summed E-state index contributed by atoms with van der Waals surface area (Å²) in [5, 5.41) is 22.0. The van der Waals surface area contributed by atoms with Gasteiger partial charge in [-0.15, -0.1) is 0 Å². The molecule has 0 fully saturated rings. The van der Waals surface area contributed by atoms with Crippen LogP contribution in [0.25, 0.3) is 0 Å². The number of rotatable bonds is 4. The average Bonchev–Trinajstić information content (AvgIpc) is 2.28. The predicted molar refractivity (Wildman–Crippen MR) is 64.8 cm³/mol. The van der Waals surface area contributed by atoms with E-state index in [1.165, 1.54) is 18.2 Å². The SMILES string of the molecule is CC(CO)NC(=O)c1ccc(Br)c([N+](=O)[O-])c1. The first kappa shape index (κ1) is 13.6. The zero-order valence-corrected chi connectivity index (χ0v) is 10.6. The minimum absolute atomic E-state index is 0.172. The molecule has 1 rings (SSSR count). The number of aliphatic hydroxyl groups is 1. The molecule has 1 amide bonds. The predicted octanol–water partition coefficient (Wildman–Crippen LogP) is 1.47. The van der Waals surface area contributed by atoms with Crippen molar-refractivity contribution in [3.05, 3.63) is 38.3 Å². The maximum Gasteiger partial charge on any atom is 0.284 e. The van der Waals surface area contributed by atoms with Crippen LogP contribution in [0.4, 0.5) is 5.69 Å². The van der Waals surface area contributed by atoms with Gasteiger partial charge in [-0.05, 0) is 35.0 Å². The Morgan fingerprint density at radius 2 is 2.29 bits per heavy atom. The molecule has 0 saturated heterocycles. The number of amides is 1. The van der Waals surface area contributed by atoms with Gasteiger partial charge in [0.1, 0.15) is 0 Å². The minimum atomic E-state index is -0.573. The van der Waals surface area contributed by atoms with Crippen LogP contribution >= 0.6 is 15.9 Å². The highest BCUT2D eigenvalue weighted by Gasteiger charge is 2.16. The number of aliphatic hydroxyl groups excluding tert-OH is 1. The highest BCUT2D eigenvalue weighted by Crippen LogP contribution is 2.25. The third-order valence-corrected chi connectivity index (χ3v) is 2.73. The van der Waals surface area contributed by atoms with Gasteiger partial charge in [0.15, 0.2) is 0 Å². The molecule has 0 saturated carbocycles. The summed E-state index contributed by atoms with van der Waals surface area (Å²) < 4.78 is 0.314. The average molecular weight is 303 g/mol. The fourth-order valence-corrected chi connectivity index (χ4v) is 1.54. The van der Waals surface area contributed by atoms with Gasteiger partial charge in [0.25, 0.3) is 11.6 Å². The smallest absolute Gasteiger partial charge is 0.284 e. The number of nitrogens with one attached hydrogen (secondary N) is 1. The van der Waals surface area contributed by atoms with E-state index in [1.807, 2.05) is 0 Å². The van der Waals surface area contributed by atoms with Crippen LogP contribution in [0.1, 0.15) is 17.3 Å². The molecule has 2 N–H and O–H groups in total. The number of halogens is 1. The normalized spacial score (nSPS) is 11.9. The van der Waals surface area contributed by atoms with Gasteiger partial charge in [-0.25, -0.2) is 0 Å². The second-order valence-electron chi connectivity index (χ2n) is 3.48. The summed E-state index contributed by atoms with van der Waals surface area (Å²) in [6, 6.07) is 3.70. The molecule has 0 bridgehead atoms. The quantitative estimate of drug-likeness (QED) is 0.650. The summed E-state index contributed by atoms with van der Waals surface area (Å²) >= 11 is 3.03. The van der Waals surface area contributed by atoms with Crippen molar-refractivity contribution in [2.24, 2.45) is 0 Å². The number of carbonyl (C=O) groups is 1. The summed E-state index contributed by atoms with van der Waals surface area (Å²) in [5.41, 5.74) is 0.00880. The third-order valence-electron chi connectivity index (χ3n) is 2.06. The summed E-state index contributed by atoms with van der Waals surface area (Å²) in [4.78, 5) is 21.7. The number of hydrogen-bond donors (Lipinski definition) is 2. The second-order valence-corrected chi connectivity index (χ2v) is 4.33. The monoisotopic (exact) mass is 302 g/mol. The van der Waals surface area contributed by atoms with E-state index in [-0.39, 0.29) is 17.9 Å². The van der Waals surface area contributed by atoms with Crippen molar-refractivity contribution in [2.45, 2.75) is 13.0 Å². The molecule has 0 aromatic heterocycles. The Kier molecular flexibility index (Phi) is 4.59. The maximum atomic E-state index is 11.6. The minimum Gasteiger partial charge on any atom is -0.394 e. The van der Waals surface area contributed by atoms with Gasteiger partial charge in [0, 0.05) is 17.7 Å². The largest absolute Gasteiger partial charge is 0.394 e. The molecule has 1 aromatic carbocycles. The number of benzene rings is 1. The summed E-state index contributed by atoms with van der Waals surface area (Å²) in [6.07, 6.45) is 0. The molecule has 6 nitrogen and oxygen atoms in total. The molecule has 0 radical (unpaired) electrons. The molecule has 0 aliphatic carbocycles. The Hall–Kier alpha value is -1.47. The fourth-order valence-electron chi connectivity index (χ4n) is 1.15. The summed E-state index contributed by atoms with van der Waals surface area (Å²) in [5.74, 6) is -0.456. The first-order valence-electron chi connectivity index (χ1n) is 4.81. The summed E-state index contributed by atoms with van der Waals surface area (Å²) in [7, 11) is 0. The Labute approximate surface area is 106 Å². The lowest BCUT2D eigenvalue weighted by Gasteiger charge is -2.10. The first-order valence-corrected chi connectivity index (χ1v) is 5.60. The highest BCUT2D eigenvalue weighted by atomic mass is 79.9. The Morgan fingerprint density at radius 1 is 1.65 bits per heavy atom. The first-order chi connectivity index (χ1) is 7.95. The molecule has 0 aliphatic rings. The molecular formula is C10H11BrN2O4. The number of nitro groups is 1. The Morgan fingerprint density at radius 3 is 2.82 bits per heavy atom. The van der Waals surface area contributed by atoms with Gasteiger partial charge < -0.3 is 10.4 Å². The van der Waals surface area contributed by atoms with E-state index in [9.17, 15) is 14.9 Å². The van der Waals surface area contributed by atoms with Crippen molar-refractivity contribution in [1.82, 2.24) is 5.32 Å². The standard InChI is InChI=1S/C10H11BrN2O4/c1-6(5-14)12-10(15)7-2-3-8(11)9(4-7)13(16)17/h2-4,6,14H,5H2,1H3,(H,12,15). The fraction of sp³-hybridized carbons (Fsp3) is 0.300. The number of carbonyl (C=O) groups excluding carboxylic acids is 1. The maximum absolute atomic E-state index is 11.6. The van der Waals surface area contributed by atoms with Crippen LogP contribution < -0.4 is 5.32 Å². The highest BCUT2D eigenvalue weighted by molar-refractivity contribution is 9.10. The lowest BCUT2D eigenvalue weighted by molar-refractivity contribution is -0.385. The van der Waals surface area contributed by atoms with Gasteiger partial charge in [-0.1, -0.05) is 0 Å². The van der Waals surface area contributed by atoms with Gasteiger partial charge in [-0.3, -0.25) is 14.9 Å². The molecular weight excluding hydrogens is 292 g/mol. The van der Waals surface area contributed by atoms with E-state index in [1.54, 1.807) is 6.92 Å². The van der Waals surface area contributed by atoms with Crippen LogP contribution in [0.3, 0.4) is 0 Å². The van der Waals surface area contributed by atoms with E-state index < -0.39 is 16.9 Å². The van der Waals surface area contributed by atoms with Crippen LogP contribution in [0, 0.1) is 10.1 Å². The lowest BCUT2D eigenvalue weighted by atomic mass is 10.2. The number of nitro benzene ring substituents is 1. The molecule has 0 aliphatic heterocycles. The molecule has 7 heteroatoms. The van der Waals surface area contributed by atoms with Crippen molar-refractivity contribution in [3.63, 3.8) is 0 Å². The molecule has 17 heavy (non-hydrogen) atoms. The van der Waals surface area contributed by atoms with Crippen molar-refractivity contribution in [2.75, 3.05) is 6.61 Å². The van der Waals surface area contributed by atoms with Crippen molar-refractivity contribution >= 4 is 27.5 Å². The van der Waals surface area contributed by atoms with Crippen LogP contribution in [0.15, 0.2) is 22.7 Å². The topological polar surface area (TPSA) is 92.5 Å². The molecule has 0 heterocycles. The van der Waals surface area contributed by atoms with E-state index in [0.29, 0.717) is 4.47 Å². The molecule has 0 spiro atoms. The van der Waals surface area contributed by atoms with Crippen LogP contribution in [-0.2, 0) is 0 Å². The van der Waals surface area contributed by atoms with Crippen molar-refractivity contribution in [3.8, 4) is 0 Å². The van der Waals surface area contributed by atoms with Crippen molar-refractivity contribution < 1.29 is 14.8 Å². The Bertz CT molecular complexity index is 450. The Balaban J connectivity index is 2.96. The van der Waals surface area contributed by atoms with E-state index in [2.05, 4.69) is 21.2 Å². The van der Waals surface area contributed by atoms with E-state index in [4.69, 9.17) is 5.11 Å². The van der Waals surface area contributed by atoms with Crippen LogP contribution in [-0.4, -0.2) is 28.6 Å². The van der Waals surface area contributed by atoms with Gasteiger partial charge in [0.05, 0.1) is 16.0 Å². The molecule has 1 atom stereocenters. The lowest BCUT2D eigenvalue weighted by Crippen LogP contribution is -2.34. The number of nitrogens with zero attached hydrogens (tertiary/aromatic N) is 1. The van der Waals surface area contributed by atoms with Crippen LogP contribution in [0.2, 0.25) is 0 Å². The molecule has 92 valence electrons. The van der Waals surface area contributed by atoms with Gasteiger partial charge >= 0.3 is 0 Å². The van der Waals surface area contributed by atoms with Gasteiger partial charge in [0.2, 0.25) is 0 Å². The van der Waals surface area contributed by atoms with Crippen molar-refractivity contribution in [1.29, 1.82) is 0 Å². The van der Waals surface area contributed by atoms with Gasteiger partial charge in [-0.2, -0.15) is 0 Å². The summed E-state index contributed by atoms with van der Waals surface area (Å²) in [6.45, 7) is 1.44. The zero-order valence-electron chi connectivity index (χ0n) is 9.01. The second kappa shape index (κ2) is 5.74. The van der Waals surface area contributed by atoms with E-state index >= 15 is 0 Å². The number of hydrogen-bond acceptors (Lipinski definition) is 4. The zero-order chi connectivity index (χ0) is 13.0. The van der Waals surface area contributed by atoms with E-state index in [0.717, 1.165) is 0 Å². The van der Waals surface area contributed by atoms with Crippen LogP contribution in [0.5, 0.6) is 0 Å².